The van der Waals surface area contributed by atoms with Crippen molar-refractivity contribution in [3.8, 4) is 0 Å². The maximum absolute atomic E-state index is 9.22. The second kappa shape index (κ2) is 11.6. The van der Waals surface area contributed by atoms with E-state index in [4.69, 9.17) is 19.2 Å². The van der Waals surface area contributed by atoms with Gasteiger partial charge >= 0.3 is 59.1 Å². The van der Waals surface area contributed by atoms with E-state index in [2.05, 4.69) is 5.73 Å². The van der Waals surface area contributed by atoms with Gasteiger partial charge in [0.1, 0.15) is 0 Å². The van der Waals surface area contributed by atoms with E-state index in [9.17, 15) is 4.79 Å². The van der Waals surface area contributed by atoms with Gasteiger partial charge in [0.15, 0.2) is 0 Å². The summed E-state index contributed by atoms with van der Waals surface area (Å²) in [4.78, 5) is 33.5. The van der Waals surface area contributed by atoms with Gasteiger partial charge in [-0.1, -0.05) is 0 Å². The number of nitrogens with two attached hydrogens (primary N) is 1. The van der Waals surface area contributed by atoms with Crippen LogP contribution in [0.2, 0.25) is 0 Å². The average molecular weight is 201 g/mol. The molecule has 11 heavy (non-hydrogen) atoms. The summed E-state index contributed by atoms with van der Waals surface area (Å²) < 4.78 is 8.66. The number of hydrogen-bond donors (Lipinski definition) is 2. The van der Waals surface area contributed by atoms with Crippen LogP contribution < -0.4 is 74.6 Å². The molecule has 0 bridgehead atoms. The van der Waals surface area contributed by atoms with Crippen LogP contribution in [0.3, 0.4) is 0 Å². The molecule has 0 aromatic rings. The average Bonchev–Trinajstić information content (AvgIpc) is 1.19. The topological polar surface area (TPSA) is 127 Å². The van der Waals surface area contributed by atoms with Gasteiger partial charge in [0.05, 0.1) is 7.82 Å². The monoisotopic (exact) mass is 201 g/mol. The molecule has 6 nitrogen and oxygen atoms in total. The standard InChI is InChI=1S/C2H5NO.2Na.H3O4P/c1-2(3)4;;;1-5(2,3)4/h1H3,(H2,3,4);;;(H3,1,2,3,4)/q;2*+1;/p-2. The summed E-state index contributed by atoms with van der Waals surface area (Å²) in [6.45, 7) is 1.31. The van der Waals surface area contributed by atoms with E-state index in [1.807, 2.05) is 0 Å². The number of carbonyl (C=O) groups is 1. The first-order valence-electron chi connectivity index (χ1n) is 1.74. The van der Waals surface area contributed by atoms with Crippen LogP contribution in [0.15, 0.2) is 0 Å². The van der Waals surface area contributed by atoms with Crippen LogP contribution in [-0.2, 0) is 9.36 Å². The van der Waals surface area contributed by atoms with Crippen molar-refractivity contribution in [3.05, 3.63) is 0 Å². The Hall–Kier alpha value is 1.58. The summed E-state index contributed by atoms with van der Waals surface area (Å²) in [5.41, 5.74) is 4.47. The van der Waals surface area contributed by atoms with Crippen molar-refractivity contribution in [1.82, 2.24) is 0 Å². The van der Waals surface area contributed by atoms with Crippen molar-refractivity contribution in [2.75, 3.05) is 0 Å². The Morgan fingerprint density at radius 2 is 1.45 bits per heavy atom. The summed E-state index contributed by atoms with van der Waals surface area (Å²) in [5, 5.41) is 0. The summed E-state index contributed by atoms with van der Waals surface area (Å²) in [6, 6.07) is 0. The van der Waals surface area contributed by atoms with Gasteiger partial charge in [-0.05, 0) is 0 Å². The van der Waals surface area contributed by atoms with Gasteiger partial charge in [0.2, 0.25) is 5.91 Å². The number of rotatable bonds is 0. The van der Waals surface area contributed by atoms with E-state index < -0.39 is 7.82 Å². The molecule has 0 aliphatic carbocycles. The molecule has 0 spiro atoms. The summed E-state index contributed by atoms with van der Waals surface area (Å²) in [7, 11) is -5.14. The number of primary amides is 1. The van der Waals surface area contributed by atoms with E-state index in [0.717, 1.165) is 0 Å². The molecule has 1 amide bonds. The zero-order chi connectivity index (χ0) is 8.08. The molecule has 0 saturated carbocycles. The Kier molecular flexibility index (Phi) is 24.1. The number of hydrogen-bond acceptors (Lipinski definition) is 4. The first kappa shape index (κ1) is 22.9. The smallest absolute Gasteiger partial charge is 0.790 e. The molecular weight excluding hydrogens is 195 g/mol. The Morgan fingerprint density at radius 3 is 1.45 bits per heavy atom. The molecule has 0 radical (unpaired) electrons. The predicted molar refractivity (Wildman–Crippen MR) is 24.7 cm³/mol. The molecule has 56 valence electrons. The molecule has 0 aliphatic rings. The van der Waals surface area contributed by atoms with E-state index in [0.29, 0.717) is 0 Å². The number of carbonyl (C=O) groups excluding carboxylic acids is 1. The van der Waals surface area contributed by atoms with Gasteiger partial charge in [-0.2, -0.15) is 0 Å². The van der Waals surface area contributed by atoms with Crippen molar-refractivity contribution in [1.29, 1.82) is 0 Å². The first-order chi connectivity index (χ1) is 3.73. The van der Waals surface area contributed by atoms with Crippen LogP contribution in [0.25, 0.3) is 0 Å². The molecule has 0 saturated heterocycles. The molecule has 3 N–H and O–H groups in total. The minimum absolute atomic E-state index is 0. The summed E-state index contributed by atoms with van der Waals surface area (Å²) in [6.07, 6.45) is 0. The zero-order valence-electron chi connectivity index (χ0n) is 6.60. The minimum atomic E-state index is -5.14. The Morgan fingerprint density at radius 1 is 1.45 bits per heavy atom. The van der Waals surface area contributed by atoms with Crippen LogP contribution in [0.1, 0.15) is 6.92 Å². The molecule has 0 unspecified atom stereocenters. The minimum Gasteiger partial charge on any atom is -0.790 e. The molecule has 0 rings (SSSR count). The van der Waals surface area contributed by atoms with Crippen molar-refractivity contribution >= 4 is 13.7 Å². The van der Waals surface area contributed by atoms with Gasteiger partial charge in [-0.15, -0.1) is 0 Å². The second-order valence-electron chi connectivity index (χ2n) is 1.08. The van der Waals surface area contributed by atoms with E-state index in [-0.39, 0.29) is 65.0 Å². The number of phosphoric acid groups is 1. The van der Waals surface area contributed by atoms with E-state index >= 15 is 0 Å². The molecule has 0 aromatic heterocycles. The molecule has 0 heterocycles. The van der Waals surface area contributed by atoms with Crippen molar-refractivity contribution in [2.24, 2.45) is 5.73 Å². The van der Waals surface area contributed by atoms with Crippen molar-refractivity contribution in [3.63, 3.8) is 0 Å². The molecular formula is C2H6NNa2O5P. The van der Waals surface area contributed by atoms with Gasteiger partial charge in [0, 0.05) is 6.92 Å². The van der Waals surface area contributed by atoms with Crippen molar-refractivity contribution in [2.45, 2.75) is 6.92 Å². The third kappa shape index (κ3) is 426. The SMILES string of the molecule is CC(N)=O.O=P([O-])([O-])O.[Na+].[Na+]. The Bertz CT molecular complexity index is 122. The molecule has 0 aliphatic heterocycles. The van der Waals surface area contributed by atoms with Gasteiger partial charge in [0.25, 0.3) is 0 Å². The zero-order valence-corrected chi connectivity index (χ0v) is 11.5. The van der Waals surface area contributed by atoms with Crippen LogP contribution in [0.5, 0.6) is 0 Å². The predicted octanol–water partition coefficient (Wildman–Crippen LogP) is -8.69. The van der Waals surface area contributed by atoms with Crippen LogP contribution in [0, 0.1) is 0 Å². The fraction of sp³-hybridized carbons (Fsp3) is 0.500. The third-order valence-corrected chi connectivity index (χ3v) is 0. The van der Waals surface area contributed by atoms with Gasteiger partial charge in [-0.3, -0.25) is 4.79 Å². The Balaban J connectivity index is -0.0000000383. The molecule has 9 heteroatoms. The summed E-state index contributed by atoms with van der Waals surface area (Å²) >= 11 is 0. The molecule has 0 atom stereocenters. The quantitative estimate of drug-likeness (QED) is 0.297. The maximum Gasteiger partial charge on any atom is 1.00 e. The fourth-order valence-corrected chi connectivity index (χ4v) is 0. The molecule has 0 fully saturated rings. The maximum atomic E-state index is 9.22. The van der Waals surface area contributed by atoms with Crippen LogP contribution in [-0.4, -0.2) is 10.8 Å². The second-order valence-corrected chi connectivity index (χ2v) is 2.02. The third-order valence-electron chi connectivity index (χ3n) is 0. The molecule has 0 aromatic carbocycles. The van der Waals surface area contributed by atoms with Crippen LogP contribution in [0.4, 0.5) is 0 Å². The Labute approximate surface area is 108 Å². The van der Waals surface area contributed by atoms with Crippen LogP contribution >= 0.6 is 7.82 Å². The largest absolute Gasteiger partial charge is 1.00 e. The normalized spacial score (nSPS) is 7.64. The van der Waals surface area contributed by atoms with E-state index in [1.165, 1.54) is 6.92 Å². The summed E-state index contributed by atoms with van der Waals surface area (Å²) in [5.74, 6) is -0.333. The number of amides is 1. The van der Waals surface area contributed by atoms with E-state index in [1.54, 1.807) is 0 Å². The fourth-order valence-electron chi connectivity index (χ4n) is 0. The first-order valence-corrected chi connectivity index (χ1v) is 3.24. The van der Waals surface area contributed by atoms with Crippen molar-refractivity contribution < 1.29 is 83.2 Å². The van der Waals surface area contributed by atoms with Gasteiger partial charge < -0.3 is 25.0 Å². The van der Waals surface area contributed by atoms with Gasteiger partial charge in [-0.25, -0.2) is 0 Å².